The molecule has 0 saturated heterocycles. The Morgan fingerprint density at radius 2 is 1.90 bits per heavy atom. The van der Waals surface area contributed by atoms with Gasteiger partial charge < -0.3 is 15.0 Å². The molecule has 0 fully saturated rings. The first-order chi connectivity index (χ1) is 14.2. The zero-order chi connectivity index (χ0) is 20.2. The summed E-state index contributed by atoms with van der Waals surface area (Å²) >= 11 is 0. The summed E-state index contributed by atoms with van der Waals surface area (Å²) in [5.74, 6) is 1.41. The number of nitrogens with one attached hydrogen (secondary N) is 1. The maximum absolute atomic E-state index is 13.0. The Balaban J connectivity index is 1.40. The molecule has 1 amide bonds. The zero-order valence-corrected chi connectivity index (χ0v) is 16.6. The second-order valence-corrected chi connectivity index (χ2v) is 7.15. The van der Waals surface area contributed by atoms with E-state index in [9.17, 15) is 4.79 Å². The number of para-hydroxylation sites is 2. The quantitative estimate of drug-likeness (QED) is 0.697. The van der Waals surface area contributed by atoms with Crippen LogP contribution in [0.4, 0.5) is 11.5 Å². The van der Waals surface area contributed by atoms with Crippen LogP contribution in [0.3, 0.4) is 0 Å². The van der Waals surface area contributed by atoms with Crippen molar-refractivity contribution in [3.05, 3.63) is 77.5 Å². The third-order valence-corrected chi connectivity index (χ3v) is 5.20. The largest absolute Gasteiger partial charge is 0.496 e. The summed E-state index contributed by atoms with van der Waals surface area (Å²) in [4.78, 5) is 14.8. The zero-order valence-electron chi connectivity index (χ0n) is 16.6. The second kappa shape index (κ2) is 8.31. The molecule has 0 saturated carbocycles. The number of nitrogens with zero attached hydrogens (tertiary/aromatic N) is 3. The van der Waals surface area contributed by atoms with E-state index in [0.717, 1.165) is 29.8 Å². The molecule has 29 heavy (non-hydrogen) atoms. The van der Waals surface area contributed by atoms with Crippen LogP contribution < -0.4 is 15.0 Å². The Labute approximate surface area is 170 Å². The van der Waals surface area contributed by atoms with E-state index in [1.807, 2.05) is 47.4 Å². The van der Waals surface area contributed by atoms with Gasteiger partial charge in [0.15, 0.2) is 5.69 Å². The van der Waals surface area contributed by atoms with Crippen molar-refractivity contribution in [3.8, 4) is 5.75 Å². The van der Waals surface area contributed by atoms with Crippen molar-refractivity contribution in [2.45, 2.75) is 25.8 Å². The number of hydrogen-bond donors (Lipinski definition) is 1. The lowest BCUT2D eigenvalue weighted by Crippen LogP contribution is -2.36. The van der Waals surface area contributed by atoms with Crippen LogP contribution in [0.5, 0.6) is 5.75 Å². The Bertz CT molecular complexity index is 1000. The molecule has 0 bridgehead atoms. The molecule has 148 valence electrons. The molecule has 1 aliphatic rings. The molecule has 6 nitrogen and oxygen atoms in total. The lowest BCUT2D eigenvalue weighted by Gasteiger charge is -2.22. The van der Waals surface area contributed by atoms with Crippen molar-refractivity contribution in [3.63, 3.8) is 0 Å². The van der Waals surface area contributed by atoms with Gasteiger partial charge in [-0.15, -0.1) is 10.2 Å². The van der Waals surface area contributed by atoms with Gasteiger partial charge in [-0.25, -0.2) is 0 Å². The molecule has 1 aromatic heterocycles. The number of ether oxygens (including phenoxy) is 1. The number of hydrogen-bond acceptors (Lipinski definition) is 5. The Hall–Kier alpha value is -3.41. The molecule has 0 aliphatic carbocycles. The predicted molar refractivity (Wildman–Crippen MR) is 114 cm³/mol. The van der Waals surface area contributed by atoms with Crippen LogP contribution >= 0.6 is 0 Å². The molecule has 1 unspecified atom stereocenters. The van der Waals surface area contributed by atoms with Crippen LogP contribution in [0.2, 0.25) is 0 Å². The maximum Gasteiger partial charge on any atom is 0.279 e. The number of aromatic nitrogens is 2. The van der Waals surface area contributed by atoms with Crippen LogP contribution in [0.1, 0.15) is 28.5 Å². The topological polar surface area (TPSA) is 67.3 Å². The molecule has 0 spiro atoms. The van der Waals surface area contributed by atoms with Gasteiger partial charge >= 0.3 is 0 Å². The minimum absolute atomic E-state index is 0.111. The van der Waals surface area contributed by atoms with Crippen LogP contribution in [-0.4, -0.2) is 35.8 Å². The average molecular weight is 388 g/mol. The normalized spacial score (nSPS) is 15.1. The smallest absolute Gasteiger partial charge is 0.279 e. The third kappa shape index (κ3) is 3.92. The van der Waals surface area contributed by atoms with Crippen molar-refractivity contribution in [2.75, 3.05) is 23.9 Å². The van der Waals surface area contributed by atoms with E-state index >= 15 is 0 Å². The van der Waals surface area contributed by atoms with Crippen molar-refractivity contribution >= 4 is 17.4 Å². The number of anilines is 2. The van der Waals surface area contributed by atoms with Gasteiger partial charge in [0.25, 0.3) is 5.91 Å². The standard InChI is InChI=1S/C23H24N4O2/c1-16-15-18-8-3-5-9-20(18)27(16)23(28)19-11-12-22(26-25-19)24-14-13-17-7-4-6-10-21(17)29-2/h3-12,16H,13-15H2,1-2H3,(H,24,26). The van der Waals surface area contributed by atoms with Gasteiger partial charge in [-0.1, -0.05) is 36.4 Å². The summed E-state index contributed by atoms with van der Waals surface area (Å²) in [5.41, 5.74) is 3.63. The summed E-state index contributed by atoms with van der Waals surface area (Å²) in [5, 5.41) is 11.6. The predicted octanol–water partition coefficient (Wildman–Crippen LogP) is 3.73. The van der Waals surface area contributed by atoms with Gasteiger partial charge in [0, 0.05) is 18.3 Å². The Morgan fingerprint density at radius 3 is 2.69 bits per heavy atom. The van der Waals surface area contributed by atoms with Gasteiger partial charge in [-0.3, -0.25) is 4.79 Å². The fourth-order valence-corrected chi connectivity index (χ4v) is 3.77. The van der Waals surface area contributed by atoms with Crippen molar-refractivity contribution < 1.29 is 9.53 Å². The highest BCUT2D eigenvalue weighted by atomic mass is 16.5. The van der Waals surface area contributed by atoms with E-state index in [-0.39, 0.29) is 11.9 Å². The van der Waals surface area contributed by atoms with Gasteiger partial charge in [0.2, 0.25) is 0 Å². The van der Waals surface area contributed by atoms with Crippen LogP contribution in [-0.2, 0) is 12.8 Å². The SMILES string of the molecule is COc1ccccc1CCNc1ccc(C(=O)N2c3ccccc3CC2C)nn1. The van der Waals surface area contributed by atoms with E-state index in [2.05, 4.69) is 28.5 Å². The number of carbonyl (C=O) groups excluding carboxylic acids is 1. The maximum atomic E-state index is 13.0. The van der Waals surface area contributed by atoms with E-state index in [0.29, 0.717) is 18.1 Å². The summed E-state index contributed by atoms with van der Waals surface area (Å²) in [7, 11) is 1.67. The Morgan fingerprint density at radius 1 is 1.10 bits per heavy atom. The summed E-state index contributed by atoms with van der Waals surface area (Å²) in [6.07, 6.45) is 1.66. The number of rotatable bonds is 6. The van der Waals surface area contributed by atoms with Crippen molar-refractivity contribution in [2.24, 2.45) is 0 Å². The van der Waals surface area contributed by atoms with E-state index in [4.69, 9.17) is 4.74 Å². The first-order valence-corrected chi connectivity index (χ1v) is 9.78. The van der Waals surface area contributed by atoms with Crippen LogP contribution in [0, 0.1) is 0 Å². The number of carbonyl (C=O) groups is 1. The van der Waals surface area contributed by atoms with Crippen LogP contribution in [0.25, 0.3) is 0 Å². The molecule has 3 aromatic rings. The van der Waals surface area contributed by atoms with Gasteiger partial charge in [0.1, 0.15) is 11.6 Å². The number of benzene rings is 2. The fraction of sp³-hybridized carbons (Fsp3) is 0.261. The molecule has 2 aromatic carbocycles. The molecule has 2 heterocycles. The first kappa shape index (κ1) is 18.9. The van der Waals surface area contributed by atoms with Gasteiger partial charge in [0.05, 0.1) is 7.11 Å². The van der Waals surface area contributed by atoms with Crippen molar-refractivity contribution in [1.29, 1.82) is 0 Å². The summed E-state index contributed by atoms with van der Waals surface area (Å²) in [6, 6.07) is 19.6. The third-order valence-electron chi connectivity index (χ3n) is 5.20. The number of amides is 1. The highest BCUT2D eigenvalue weighted by Gasteiger charge is 2.31. The molecule has 6 heteroatoms. The van der Waals surface area contributed by atoms with E-state index in [1.165, 1.54) is 5.56 Å². The Kier molecular flexibility index (Phi) is 5.42. The molecule has 0 radical (unpaired) electrons. The first-order valence-electron chi connectivity index (χ1n) is 9.78. The molecule has 1 atom stereocenters. The lowest BCUT2D eigenvalue weighted by atomic mass is 10.1. The minimum atomic E-state index is -0.115. The highest BCUT2D eigenvalue weighted by molar-refractivity contribution is 6.06. The molecular formula is C23H24N4O2. The van der Waals surface area contributed by atoms with Crippen LogP contribution in [0.15, 0.2) is 60.7 Å². The molecular weight excluding hydrogens is 364 g/mol. The minimum Gasteiger partial charge on any atom is -0.496 e. The van der Waals surface area contributed by atoms with E-state index in [1.54, 1.807) is 19.2 Å². The summed E-state index contributed by atoms with van der Waals surface area (Å²) < 4.78 is 5.37. The fourth-order valence-electron chi connectivity index (χ4n) is 3.77. The van der Waals surface area contributed by atoms with Crippen molar-refractivity contribution in [1.82, 2.24) is 10.2 Å². The monoisotopic (exact) mass is 388 g/mol. The molecule has 4 rings (SSSR count). The highest BCUT2D eigenvalue weighted by Crippen LogP contribution is 2.32. The lowest BCUT2D eigenvalue weighted by molar-refractivity contribution is 0.0975. The summed E-state index contributed by atoms with van der Waals surface area (Å²) in [6.45, 7) is 2.75. The van der Waals surface area contributed by atoms with Gasteiger partial charge in [-0.05, 0) is 55.2 Å². The average Bonchev–Trinajstić information content (AvgIpc) is 3.09. The number of methoxy groups -OCH3 is 1. The van der Waals surface area contributed by atoms with E-state index < -0.39 is 0 Å². The number of fused-ring (bicyclic) bond motifs is 1. The molecule has 1 aliphatic heterocycles. The van der Waals surface area contributed by atoms with Gasteiger partial charge in [-0.2, -0.15) is 0 Å². The second-order valence-electron chi connectivity index (χ2n) is 7.15. The molecule has 1 N–H and O–H groups in total.